The van der Waals surface area contributed by atoms with E-state index in [0.717, 1.165) is 11.3 Å². The Kier molecular flexibility index (Phi) is 3.36. The van der Waals surface area contributed by atoms with Gasteiger partial charge in [-0.1, -0.05) is 6.07 Å². The first kappa shape index (κ1) is 10.9. The molecule has 2 rings (SSSR count). The van der Waals surface area contributed by atoms with Gasteiger partial charge < -0.3 is 10.4 Å². The highest BCUT2D eigenvalue weighted by Gasteiger charge is 1.99. The highest BCUT2D eigenvalue weighted by molar-refractivity contribution is 9.10. The van der Waals surface area contributed by atoms with Crippen molar-refractivity contribution in [2.75, 3.05) is 5.32 Å². The number of halogens is 1. The number of hydrogen-bond acceptors (Lipinski definition) is 4. The highest BCUT2D eigenvalue weighted by atomic mass is 79.9. The Bertz CT molecular complexity index is 476. The van der Waals surface area contributed by atoms with Gasteiger partial charge in [0.25, 0.3) is 0 Å². The molecule has 16 heavy (non-hydrogen) atoms. The van der Waals surface area contributed by atoms with Gasteiger partial charge in [-0.25, -0.2) is 9.97 Å². The number of phenolic OH excluding ortho intramolecular Hbond substituents is 1. The van der Waals surface area contributed by atoms with Crippen molar-refractivity contribution in [3.8, 4) is 5.75 Å². The SMILES string of the molecule is Oc1ccc(CNc2cncnc2)cc1Br. The molecule has 0 unspecified atom stereocenters. The van der Waals surface area contributed by atoms with E-state index in [-0.39, 0.29) is 5.75 Å². The van der Waals surface area contributed by atoms with Gasteiger partial charge in [-0.15, -0.1) is 0 Å². The molecule has 1 heterocycles. The maximum atomic E-state index is 9.34. The zero-order valence-electron chi connectivity index (χ0n) is 8.39. The van der Waals surface area contributed by atoms with Crippen LogP contribution in [0.2, 0.25) is 0 Å². The summed E-state index contributed by atoms with van der Waals surface area (Å²) in [5.41, 5.74) is 1.93. The van der Waals surface area contributed by atoms with Crippen LogP contribution >= 0.6 is 15.9 Å². The first-order chi connectivity index (χ1) is 7.75. The second-order valence-corrected chi connectivity index (χ2v) is 4.12. The molecule has 0 aliphatic rings. The van der Waals surface area contributed by atoms with Crippen molar-refractivity contribution in [3.05, 3.63) is 47.0 Å². The number of rotatable bonds is 3. The molecule has 82 valence electrons. The molecule has 0 fully saturated rings. The Hall–Kier alpha value is -1.62. The first-order valence-electron chi connectivity index (χ1n) is 4.72. The zero-order valence-corrected chi connectivity index (χ0v) is 9.98. The van der Waals surface area contributed by atoms with Crippen LogP contribution in [0.4, 0.5) is 5.69 Å². The van der Waals surface area contributed by atoms with E-state index >= 15 is 0 Å². The molecular weight excluding hydrogens is 270 g/mol. The maximum Gasteiger partial charge on any atom is 0.129 e. The summed E-state index contributed by atoms with van der Waals surface area (Å²) in [4.78, 5) is 7.81. The molecule has 0 aliphatic heterocycles. The Morgan fingerprint density at radius 3 is 2.69 bits per heavy atom. The van der Waals surface area contributed by atoms with E-state index in [4.69, 9.17) is 0 Å². The summed E-state index contributed by atoms with van der Waals surface area (Å²) in [6.45, 7) is 0.659. The van der Waals surface area contributed by atoms with Gasteiger partial charge in [-0.3, -0.25) is 0 Å². The molecule has 0 bridgehead atoms. The van der Waals surface area contributed by atoms with E-state index in [2.05, 4.69) is 31.2 Å². The number of nitrogens with zero attached hydrogens (tertiary/aromatic N) is 2. The predicted octanol–water partition coefficient (Wildman–Crippen LogP) is 2.56. The summed E-state index contributed by atoms with van der Waals surface area (Å²) in [7, 11) is 0. The van der Waals surface area contributed by atoms with E-state index in [0.29, 0.717) is 11.0 Å². The summed E-state index contributed by atoms with van der Waals surface area (Å²) >= 11 is 3.27. The molecule has 1 aromatic heterocycles. The number of aromatic hydroxyl groups is 1. The predicted molar refractivity (Wildman–Crippen MR) is 65.2 cm³/mol. The van der Waals surface area contributed by atoms with Crippen LogP contribution in [0, 0.1) is 0 Å². The van der Waals surface area contributed by atoms with Crippen molar-refractivity contribution >= 4 is 21.6 Å². The van der Waals surface area contributed by atoms with Gasteiger partial charge in [0.1, 0.15) is 12.1 Å². The third kappa shape index (κ3) is 2.70. The highest BCUT2D eigenvalue weighted by Crippen LogP contribution is 2.24. The van der Waals surface area contributed by atoms with Gasteiger partial charge in [0, 0.05) is 6.54 Å². The lowest BCUT2D eigenvalue weighted by atomic mass is 10.2. The molecule has 5 heteroatoms. The molecule has 1 aromatic carbocycles. The summed E-state index contributed by atoms with van der Waals surface area (Å²) in [5, 5.41) is 12.5. The Morgan fingerprint density at radius 1 is 1.25 bits per heavy atom. The van der Waals surface area contributed by atoms with Crippen LogP contribution in [0.25, 0.3) is 0 Å². The molecule has 0 spiro atoms. The summed E-state index contributed by atoms with van der Waals surface area (Å²) < 4.78 is 0.691. The Labute approximate surface area is 102 Å². The zero-order chi connectivity index (χ0) is 11.4. The van der Waals surface area contributed by atoms with Crippen LogP contribution in [0.1, 0.15) is 5.56 Å². The normalized spacial score (nSPS) is 10.1. The number of aromatic nitrogens is 2. The molecule has 2 N–H and O–H groups in total. The number of anilines is 1. The number of benzene rings is 1. The monoisotopic (exact) mass is 279 g/mol. The fraction of sp³-hybridized carbons (Fsp3) is 0.0909. The van der Waals surface area contributed by atoms with Crippen LogP contribution in [0.5, 0.6) is 5.75 Å². The molecule has 2 aromatic rings. The van der Waals surface area contributed by atoms with Crippen molar-refractivity contribution in [2.24, 2.45) is 0 Å². The van der Waals surface area contributed by atoms with Crippen molar-refractivity contribution < 1.29 is 5.11 Å². The number of nitrogens with one attached hydrogen (secondary N) is 1. The van der Waals surface area contributed by atoms with Gasteiger partial charge in [0.15, 0.2) is 0 Å². The maximum absolute atomic E-state index is 9.34. The van der Waals surface area contributed by atoms with E-state index in [9.17, 15) is 5.11 Å². The molecule has 0 saturated carbocycles. The average Bonchev–Trinajstić information content (AvgIpc) is 2.32. The van der Waals surface area contributed by atoms with E-state index < -0.39 is 0 Å². The van der Waals surface area contributed by atoms with Crippen LogP contribution in [0.3, 0.4) is 0 Å². The van der Waals surface area contributed by atoms with Gasteiger partial charge in [-0.2, -0.15) is 0 Å². The minimum Gasteiger partial charge on any atom is -0.507 e. The Morgan fingerprint density at radius 2 is 2.00 bits per heavy atom. The summed E-state index contributed by atoms with van der Waals surface area (Å²) in [5.74, 6) is 0.242. The third-order valence-corrected chi connectivity index (χ3v) is 2.70. The minimum absolute atomic E-state index is 0.242. The summed E-state index contributed by atoms with van der Waals surface area (Å²) in [6, 6.07) is 5.38. The lowest BCUT2D eigenvalue weighted by Gasteiger charge is -2.06. The first-order valence-corrected chi connectivity index (χ1v) is 5.51. The second kappa shape index (κ2) is 4.94. The van der Waals surface area contributed by atoms with Crippen molar-refractivity contribution in [2.45, 2.75) is 6.54 Å². The minimum atomic E-state index is 0.242. The topological polar surface area (TPSA) is 58.0 Å². The van der Waals surface area contributed by atoms with Crippen LogP contribution < -0.4 is 5.32 Å². The van der Waals surface area contributed by atoms with Crippen LogP contribution in [0.15, 0.2) is 41.4 Å². The number of hydrogen-bond donors (Lipinski definition) is 2. The molecular formula is C11H10BrN3O. The molecule has 0 atom stereocenters. The van der Waals surface area contributed by atoms with Crippen molar-refractivity contribution in [3.63, 3.8) is 0 Å². The third-order valence-electron chi connectivity index (χ3n) is 2.07. The fourth-order valence-electron chi connectivity index (χ4n) is 1.25. The molecule has 0 radical (unpaired) electrons. The average molecular weight is 280 g/mol. The fourth-order valence-corrected chi connectivity index (χ4v) is 1.68. The summed E-state index contributed by atoms with van der Waals surface area (Å²) in [6.07, 6.45) is 4.91. The van der Waals surface area contributed by atoms with Crippen molar-refractivity contribution in [1.29, 1.82) is 0 Å². The molecule has 0 aliphatic carbocycles. The van der Waals surface area contributed by atoms with Crippen LogP contribution in [-0.4, -0.2) is 15.1 Å². The van der Waals surface area contributed by atoms with Crippen molar-refractivity contribution in [1.82, 2.24) is 9.97 Å². The number of phenols is 1. The van der Waals surface area contributed by atoms with E-state index in [1.807, 2.05) is 12.1 Å². The van der Waals surface area contributed by atoms with Gasteiger partial charge >= 0.3 is 0 Å². The molecule has 0 amide bonds. The standard InChI is InChI=1S/C11H10BrN3O/c12-10-3-8(1-2-11(10)16)4-15-9-5-13-7-14-6-9/h1-3,5-7,15-16H,4H2. The van der Waals surface area contributed by atoms with Gasteiger partial charge in [0.2, 0.25) is 0 Å². The quantitative estimate of drug-likeness (QED) is 0.907. The van der Waals surface area contributed by atoms with Crippen LogP contribution in [-0.2, 0) is 6.54 Å². The smallest absolute Gasteiger partial charge is 0.129 e. The second-order valence-electron chi connectivity index (χ2n) is 3.27. The molecule has 4 nitrogen and oxygen atoms in total. The van der Waals surface area contributed by atoms with Gasteiger partial charge in [-0.05, 0) is 33.6 Å². The lowest BCUT2D eigenvalue weighted by molar-refractivity contribution is 0.471. The largest absolute Gasteiger partial charge is 0.507 e. The molecule has 0 saturated heterocycles. The van der Waals surface area contributed by atoms with E-state index in [1.165, 1.54) is 6.33 Å². The Balaban J connectivity index is 2.03. The van der Waals surface area contributed by atoms with E-state index in [1.54, 1.807) is 18.5 Å². The lowest BCUT2D eigenvalue weighted by Crippen LogP contribution is -1.99. The van der Waals surface area contributed by atoms with Gasteiger partial charge in [0.05, 0.1) is 22.6 Å².